The van der Waals surface area contributed by atoms with Crippen molar-refractivity contribution in [3.63, 3.8) is 0 Å². The van der Waals surface area contributed by atoms with E-state index in [1.54, 1.807) is 48.5 Å². The molecule has 3 N–H and O–H groups in total. The molecule has 0 saturated carbocycles. The molecule has 3 amide bonds. The van der Waals surface area contributed by atoms with Gasteiger partial charge in [0.25, 0.3) is 5.91 Å². The second-order valence-electron chi connectivity index (χ2n) is 8.04. The zero-order valence-electron chi connectivity index (χ0n) is 20.9. The Labute approximate surface area is 229 Å². The number of anilines is 2. The maximum Gasteiger partial charge on any atom is 0.329 e. The van der Waals surface area contributed by atoms with Gasteiger partial charge in [-0.1, -0.05) is 40.7 Å². The predicted molar refractivity (Wildman–Crippen MR) is 151 cm³/mol. The fourth-order valence-corrected chi connectivity index (χ4v) is 3.54. The zero-order chi connectivity index (χ0) is 27.5. The maximum atomic E-state index is 12.4. The van der Waals surface area contributed by atoms with Crippen molar-refractivity contribution in [3.8, 4) is 11.5 Å². The molecular weight excluding hydrogens is 552 g/mol. The van der Waals surface area contributed by atoms with Gasteiger partial charge in [0, 0.05) is 21.4 Å². The number of carbonyl (C=O) groups is 3. The van der Waals surface area contributed by atoms with E-state index in [0.717, 1.165) is 15.6 Å². The lowest BCUT2D eigenvalue weighted by Crippen LogP contribution is -2.32. The van der Waals surface area contributed by atoms with E-state index in [4.69, 9.17) is 9.47 Å². The van der Waals surface area contributed by atoms with E-state index in [0.29, 0.717) is 35.0 Å². The molecular formula is C28H27BrN4O5. The normalized spacial score (nSPS) is 10.5. The van der Waals surface area contributed by atoms with Gasteiger partial charge in [-0.15, -0.1) is 0 Å². The van der Waals surface area contributed by atoms with Crippen LogP contribution in [-0.4, -0.2) is 37.1 Å². The number of carbonyl (C=O) groups excluding carboxylic acids is 3. The average molecular weight is 579 g/mol. The van der Waals surface area contributed by atoms with Crippen LogP contribution in [-0.2, 0) is 14.4 Å². The second-order valence-corrected chi connectivity index (χ2v) is 8.96. The highest BCUT2D eigenvalue weighted by Crippen LogP contribution is 2.22. The van der Waals surface area contributed by atoms with Crippen molar-refractivity contribution in [3.05, 3.63) is 94.5 Å². The molecule has 3 aromatic carbocycles. The van der Waals surface area contributed by atoms with Crippen molar-refractivity contribution in [1.82, 2.24) is 5.43 Å². The monoisotopic (exact) mass is 578 g/mol. The van der Waals surface area contributed by atoms with E-state index in [2.05, 4.69) is 43.7 Å². The van der Waals surface area contributed by atoms with Crippen molar-refractivity contribution < 1.29 is 23.9 Å². The molecule has 10 heteroatoms. The Hall–Kier alpha value is -4.44. The molecule has 0 saturated heterocycles. The lowest BCUT2D eigenvalue weighted by Gasteiger charge is -2.12. The van der Waals surface area contributed by atoms with Crippen LogP contribution in [0.2, 0.25) is 0 Å². The molecule has 196 valence electrons. The summed E-state index contributed by atoms with van der Waals surface area (Å²) < 4.78 is 11.8. The van der Waals surface area contributed by atoms with Crippen molar-refractivity contribution >= 4 is 51.2 Å². The first kappa shape index (κ1) is 28.1. The summed E-state index contributed by atoms with van der Waals surface area (Å²) >= 11 is 3.37. The summed E-state index contributed by atoms with van der Waals surface area (Å²) in [6.07, 6.45) is 2.94. The third-order valence-electron chi connectivity index (χ3n) is 5.27. The highest BCUT2D eigenvalue weighted by molar-refractivity contribution is 9.10. The van der Waals surface area contributed by atoms with E-state index < -0.39 is 11.8 Å². The first-order chi connectivity index (χ1) is 18.3. The molecule has 0 aliphatic carbocycles. The van der Waals surface area contributed by atoms with Crippen LogP contribution in [0, 0.1) is 13.8 Å². The molecule has 0 bridgehead atoms. The summed E-state index contributed by atoms with van der Waals surface area (Å²) in [4.78, 5) is 36.8. The molecule has 9 nitrogen and oxygen atoms in total. The SMILES string of the molecule is C=CCOc1ccc(NC(=O)C(=O)N/N=C\c2cc(Br)ccc2OCC(=O)Nc2cccc(C)c2C)cc1. The second kappa shape index (κ2) is 13.8. The van der Waals surface area contributed by atoms with Crippen LogP contribution in [0.1, 0.15) is 16.7 Å². The lowest BCUT2D eigenvalue weighted by atomic mass is 10.1. The van der Waals surface area contributed by atoms with Gasteiger partial charge < -0.3 is 20.1 Å². The first-order valence-electron chi connectivity index (χ1n) is 11.5. The van der Waals surface area contributed by atoms with E-state index in [1.165, 1.54) is 6.21 Å². The number of hydrazone groups is 1. The third-order valence-corrected chi connectivity index (χ3v) is 5.76. The molecule has 0 aromatic heterocycles. The van der Waals surface area contributed by atoms with Gasteiger partial charge in [-0.3, -0.25) is 14.4 Å². The quantitative estimate of drug-likeness (QED) is 0.139. The summed E-state index contributed by atoms with van der Waals surface area (Å²) in [7, 11) is 0. The number of nitrogens with zero attached hydrogens (tertiary/aromatic N) is 1. The molecule has 0 aliphatic rings. The van der Waals surface area contributed by atoms with Crippen molar-refractivity contribution in [2.24, 2.45) is 5.10 Å². The number of benzene rings is 3. The van der Waals surface area contributed by atoms with E-state index in [-0.39, 0.29) is 12.5 Å². The minimum Gasteiger partial charge on any atom is -0.490 e. The van der Waals surface area contributed by atoms with Gasteiger partial charge in [0.15, 0.2) is 6.61 Å². The van der Waals surface area contributed by atoms with E-state index in [1.807, 2.05) is 32.0 Å². The Bertz CT molecular complexity index is 1360. The van der Waals surface area contributed by atoms with Crippen LogP contribution < -0.4 is 25.5 Å². The molecule has 3 rings (SSSR count). The molecule has 0 heterocycles. The van der Waals surface area contributed by atoms with Gasteiger partial charge in [0.1, 0.15) is 18.1 Å². The van der Waals surface area contributed by atoms with Crippen LogP contribution in [0.15, 0.2) is 82.9 Å². The number of aryl methyl sites for hydroxylation is 1. The van der Waals surface area contributed by atoms with Gasteiger partial charge in [-0.25, -0.2) is 5.43 Å². The van der Waals surface area contributed by atoms with Gasteiger partial charge in [-0.05, 0) is 73.5 Å². The van der Waals surface area contributed by atoms with Gasteiger partial charge in [0.05, 0.1) is 6.21 Å². The van der Waals surface area contributed by atoms with E-state index in [9.17, 15) is 14.4 Å². The number of ether oxygens (including phenoxy) is 2. The highest BCUT2D eigenvalue weighted by Gasteiger charge is 2.13. The summed E-state index contributed by atoms with van der Waals surface area (Å²) in [6, 6.07) is 17.3. The minimum atomic E-state index is -0.960. The Morgan fingerprint density at radius 2 is 1.74 bits per heavy atom. The summed E-state index contributed by atoms with van der Waals surface area (Å²) in [5, 5.41) is 9.17. The number of hydrogen-bond donors (Lipinski definition) is 3. The van der Waals surface area contributed by atoms with Crippen molar-refractivity contribution in [2.45, 2.75) is 13.8 Å². The molecule has 0 fully saturated rings. The first-order valence-corrected chi connectivity index (χ1v) is 12.3. The lowest BCUT2D eigenvalue weighted by molar-refractivity contribution is -0.136. The van der Waals surface area contributed by atoms with Gasteiger partial charge in [0.2, 0.25) is 0 Å². The summed E-state index contributed by atoms with van der Waals surface area (Å²) in [6.45, 7) is 7.60. The molecule has 0 unspecified atom stereocenters. The predicted octanol–water partition coefficient (Wildman–Crippen LogP) is 4.74. The Kier molecular flexibility index (Phi) is 10.2. The third kappa shape index (κ3) is 8.31. The molecule has 0 atom stereocenters. The minimum absolute atomic E-state index is 0.234. The van der Waals surface area contributed by atoms with Crippen LogP contribution in [0.5, 0.6) is 11.5 Å². The van der Waals surface area contributed by atoms with Crippen LogP contribution in [0.25, 0.3) is 0 Å². The molecule has 3 aromatic rings. The summed E-state index contributed by atoms with van der Waals surface area (Å²) in [5.74, 6) is -1.21. The van der Waals surface area contributed by atoms with Crippen molar-refractivity contribution in [2.75, 3.05) is 23.8 Å². The summed E-state index contributed by atoms with van der Waals surface area (Å²) in [5.41, 5.74) is 5.84. The van der Waals surface area contributed by atoms with Crippen molar-refractivity contribution in [1.29, 1.82) is 0 Å². The van der Waals surface area contributed by atoms with Gasteiger partial charge >= 0.3 is 11.8 Å². The smallest absolute Gasteiger partial charge is 0.329 e. The van der Waals surface area contributed by atoms with Crippen LogP contribution in [0.4, 0.5) is 11.4 Å². The van der Waals surface area contributed by atoms with E-state index >= 15 is 0 Å². The van der Waals surface area contributed by atoms with Crippen LogP contribution in [0.3, 0.4) is 0 Å². The number of hydrogen-bond acceptors (Lipinski definition) is 6. The fourth-order valence-electron chi connectivity index (χ4n) is 3.16. The number of amides is 3. The molecule has 0 radical (unpaired) electrons. The molecule has 38 heavy (non-hydrogen) atoms. The number of halogens is 1. The molecule has 0 aliphatic heterocycles. The van der Waals surface area contributed by atoms with Gasteiger partial charge in [-0.2, -0.15) is 5.10 Å². The van der Waals surface area contributed by atoms with Crippen LogP contribution >= 0.6 is 15.9 Å². The Morgan fingerprint density at radius 1 is 0.974 bits per heavy atom. The Balaban J connectivity index is 1.55. The molecule has 0 spiro atoms. The average Bonchev–Trinajstić information content (AvgIpc) is 2.90. The maximum absolute atomic E-state index is 12.4. The fraction of sp³-hybridized carbons (Fsp3) is 0.143. The number of rotatable bonds is 10. The Morgan fingerprint density at radius 3 is 2.47 bits per heavy atom. The standard InChI is InChI=1S/C28H27BrN4O5/c1-4-14-37-23-11-9-22(10-12-23)31-27(35)28(36)33-30-16-20-15-21(29)8-13-25(20)38-17-26(34)32-24-7-5-6-18(2)19(24)3/h4-13,15-16H,1,14,17H2,2-3H3,(H,31,35)(H,32,34)(H,33,36)/b30-16-. The topological polar surface area (TPSA) is 118 Å². The largest absolute Gasteiger partial charge is 0.490 e. The number of nitrogens with one attached hydrogen (secondary N) is 3. The highest BCUT2D eigenvalue weighted by atomic mass is 79.9. The zero-order valence-corrected chi connectivity index (χ0v) is 22.5.